The van der Waals surface area contributed by atoms with Crippen LogP contribution in [-0.2, 0) is 6.54 Å². The van der Waals surface area contributed by atoms with Crippen molar-refractivity contribution in [2.75, 3.05) is 13.1 Å². The normalized spacial score (nSPS) is 14.9. The summed E-state index contributed by atoms with van der Waals surface area (Å²) in [6.07, 6.45) is 4.90. The number of hydrogen-bond donors (Lipinski definition) is 3. The molecule has 0 unspecified atom stereocenters. The quantitative estimate of drug-likeness (QED) is 0.586. The second-order valence-electron chi connectivity index (χ2n) is 7.55. The summed E-state index contributed by atoms with van der Waals surface area (Å²) in [5.41, 5.74) is 9.03. The Morgan fingerprint density at radius 3 is 2.66 bits per heavy atom. The number of rotatable bonds is 4. The van der Waals surface area contributed by atoms with E-state index in [1.807, 2.05) is 17.0 Å². The van der Waals surface area contributed by atoms with Crippen molar-refractivity contribution < 1.29 is 14.8 Å². The summed E-state index contributed by atoms with van der Waals surface area (Å²) in [5, 5.41) is 20.6. The molecule has 1 aliphatic rings. The van der Waals surface area contributed by atoms with E-state index in [9.17, 15) is 14.8 Å². The van der Waals surface area contributed by atoms with Crippen molar-refractivity contribution in [2.45, 2.75) is 25.3 Å². The summed E-state index contributed by atoms with van der Waals surface area (Å²) in [7, 11) is -1.63. The first kappa shape index (κ1) is 19.6. The number of pyridine rings is 1. The molecule has 1 aliphatic heterocycles. The molecule has 6 nitrogen and oxygen atoms in total. The highest BCUT2D eigenvalue weighted by Gasteiger charge is 2.25. The van der Waals surface area contributed by atoms with Gasteiger partial charge in [0.05, 0.1) is 0 Å². The molecule has 3 aromatic rings. The number of likely N-dealkylation sites (tertiary alicyclic amines) is 1. The molecule has 4 rings (SSSR count). The van der Waals surface area contributed by atoms with Crippen LogP contribution in [0.1, 0.15) is 40.2 Å². The Labute approximate surface area is 170 Å². The third-order valence-electron chi connectivity index (χ3n) is 5.76. The van der Waals surface area contributed by atoms with E-state index in [1.54, 1.807) is 24.4 Å². The zero-order valence-corrected chi connectivity index (χ0v) is 16.2. The summed E-state index contributed by atoms with van der Waals surface area (Å²) < 4.78 is 0. The summed E-state index contributed by atoms with van der Waals surface area (Å²) in [4.78, 5) is 18.9. The van der Waals surface area contributed by atoms with Gasteiger partial charge in [0.15, 0.2) is 0 Å². The van der Waals surface area contributed by atoms with E-state index >= 15 is 0 Å². The van der Waals surface area contributed by atoms with E-state index in [1.165, 1.54) is 11.8 Å². The maximum absolute atomic E-state index is 13.0. The smallest absolute Gasteiger partial charge is 0.423 e. The minimum atomic E-state index is -1.63. The molecule has 0 bridgehead atoms. The molecule has 148 valence electrons. The van der Waals surface area contributed by atoms with Crippen LogP contribution in [0.25, 0.3) is 10.8 Å². The van der Waals surface area contributed by atoms with Gasteiger partial charge in [-0.2, -0.15) is 0 Å². The number of fused-ring (bicyclic) bond motifs is 1. The maximum Gasteiger partial charge on any atom is 0.490 e. The van der Waals surface area contributed by atoms with Crippen molar-refractivity contribution in [1.29, 1.82) is 0 Å². The Kier molecular flexibility index (Phi) is 5.62. The first-order chi connectivity index (χ1) is 14.1. The standard InChI is InChI=1S/C22H24BN3O3/c24-12-15-2-1-3-17(10-15)16-6-8-26(9-7-16)22(27)18-4-5-19-13-25-14-21(23(28)29)20(19)11-18/h1-5,10-11,13-14,16,28-29H,6-9,12,24H2. The van der Waals surface area contributed by atoms with Gasteiger partial charge < -0.3 is 20.7 Å². The molecule has 0 radical (unpaired) electrons. The van der Waals surface area contributed by atoms with E-state index in [0.29, 0.717) is 42.0 Å². The van der Waals surface area contributed by atoms with Crippen LogP contribution in [0.5, 0.6) is 0 Å². The third kappa shape index (κ3) is 4.03. The molecular formula is C22H24BN3O3. The van der Waals surface area contributed by atoms with E-state index in [2.05, 4.69) is 17.1 Å². The summed E-state index contributed by atoms with van der Waals surface area (Å²) in [6.45, 7) is 1.92. The van der Waals surface area contributed by atoms with E-state index in [0.717, 1.165) is 23.8 Å². The van der Waals surface area contributed by atoms with Crippen molar-refractivity contribution in [3.05, 3.63) is 71.5 Å². The molecule has 4 N–H and O–H groups in total. The molecule has 0 spiro atoms. The zero-order chi connectivity index (χ0) is 20.4. The molecule has 0 saturated carbocycles. The number of piperidine rings is 1. The van der Waals surface area contributed by atoms with Gasteiger partial charge in [0.1, 0.15) is 0 Å². The lowest BCUT2D eigenvalue weighted by Gasteiger charge is -2.32. The largest absolute Gasteiger partial charge is 0.490 e. The Balaban J connectivity index is 1.50. The molecular weight excluding hydrogens is 365 g/mol. The number of hydrogen-bond acceptors (Lipinski definition) is 5. The lowest BCUT2D eigenvalue weighted by Crippen LogP contribution is -2.38. The van der Waals surface area contributed by atoms with Crippen LogP contribution in [0.2, 0.25) is 0 Å². The SMILES string of the molecule is NCc1cccc(C2CCN(C(=O)c3ccc4cncc(B(O)O)c4c3)CC2)c1. The van der Waals surface area contributed by atoms with Crippen LogP contribution in [0.15, 0.2) is 54.9 Å². The topological polar surface area (TPSA) is 99.7 Å². The van der Waals surface area contributed by atoms with E-state index in [-0.39, 0.29) is 5.91 Å². The monoisotopic (exact) mass is 389 g/mol. The van der Waals surface area contributed by atoms with Crippen LogP contribution in [0.3, 0.4) is 0 Å². The lowest BCUT2D eigenvalue weighted by atomic mass is 9.78. The van der Waals surface area contributed by atoms with Gasteiger partial charge in [-0.1, -0.05) is 30.3 Å². The number of benzene rings is 2. The van der Waals surface area contributed by atoms with Gasteiger partial charge in [0.25, 0.3) is 5.91 Å². The van der Waals surface area contributed by atoms with Gasteiger partial charge in [-0.25, -0.2) is 0 Å². The highest BCUT2D eigenvalue weighted by atomic mass is 16.4. The van der Waals surface area contributed by atoms with Crippen molar-refractivity contribution in [3.8, 4) is 0 Å². The fourth-order valence-electron chi connectivity index (χ4n) is 4.10. The molecule has 1 fully saturated rings. The fraction of sp³-hybridized carbons (Fsp3) is 0.273. The molecule has 1 aromatic heterocycles. The van der Waals surface area contributed by atoms with Crippen LogP contribution >= 0.6 is 0 Å². The maximum atomic E-state index is 13.0. The van der Waals surface area contributed by atoms with Gasteiger partial charge in [-0.3, -0.25) is 9.78 Å². The van der Waals surface area contributed by atoms with Crippen LogP contribution in [-0.4, -0.2) is 46.0 Å². The third-order valence-corrected chi connectivity index (χ3v) is 5.76. The van der Waals surface area contributed by atoms with Gasteiger partial charge in [-0.15, -0.1) is 0 Å². The number of nitrogens with zero attached hydrogens (tertiary/aromatic N) is 2. The summed E-state index contributed by atoms with van der Waals surface area (Å²) >= 11 is 0. The molecule has 1 saturated heterocycles. The first-order valence-corrected chi connectivity index (χ1v) is 9.89. The molecule has 1 amide bonds. The summed E-state index contributed by atoms with van der Waals surface area (Å²) in [6, 6.07) is 13.7. The molecule has 0 aliphatic carbocycles. The Morgan fingerprint density at radius 1 is 1.14 bits per heavy atom. The van der Waals surface area contributed by atoms with E-state index < -0.39 is 7.12 Å². The Morgan fingerprint density at radius 2 is 1.93 bits per heavy atom. The molecule has 2 heterocycles. The predicted octanol–water partition coefficient (Wildman–Crippen LogP) is 1.39. The average Bonchev–Trinajstić information content (AvgIpc) is 2.77. The fourth-order valence-corrected chi connectivity index (χ4v) is 4.10. The summed E-state index contributed by atoms with van der Waals surface area (Å²) in [5.74, 6) is 0.403. The van der Waals surface area contributed by atoms with Gasteiger partial charge in [-0.05, 0) is 52.8 Å². The number of amides is 1. The minimum Gasteiger partial charge on any atom is -0.423 e. The van der Waals surface area contributed by atoms with Crippen LogP contribution in [0, 0.1) is 0 Å². The number of carbonyl (C=O) groups excluding carboxylic acids is 1. The van der Waals surface area contributed by atoms with Gasteiger partial charge in [0.2, 0.25) is 0 Å². The van der Waals surface area contributed by atoms with Crippen molar-refractivity contribution in [1.82, 2.24) is 9.88 Å². The first-order valence-electron chi connectivity index (χ1n) is 9.89. The van der Waals surface area contributed by atoms with Gasteiger partial charge in [0, 0.05) is 43.1 Å². The highest BCUT2D eigenvalue weighted by molar-refractivity contribution is 6.61. The molecule has 7 heteroatoms. The van der Waals surface area contributed by atoms with Crippen molar-refractivity contribution in [3.63, 3.8) is 0 Å². The van der Waals surface area contributed by atoms with Crippen molar-refractivity contribution in [2.24, 2.45) is 5.73 Å². The number of aromatic nitrogens is 1. The zero-order valence-electron chi connectivity index (χ0n) is 16.2. The molecule has 29 heavy (non-hydrogen) atoms. The van der Waals surface area contributed by atoms with Gasteiger partial charge >= 0.3 is 7.12 Å². The van der Waals surface area contributed by atoms with Crippen LogP contribution < -0.4 is 11.2 Å². The lowest BCUT2D eigenvalue weighted by molar-refractivity contribution is 0.0713. The number of nitrogens with two attached hydrogens (primary N) is 1. The second kappa shape index (κ2) is 8.33. The highest BCUT2D eigenvalue weighted by Crippen LogP contribution is 2.29. The average molecular weight is 389 g/mol. The van der Waals surface area contributed by atoms with E-state index in [4.69, 9.17) is 5.73 Å². The van der Waals surface area contributed by atoms with Crippen molar-refractivity contribution >= 4 is 29.3 Å². The molecule has 0 atom stereocenters. The molecule has 2 aromatic carbocycles. The Hall–Kier alpha value is -2.74. The van der Waals surface area contributed by atoms with Crippen LogP contribution in [0.4, 0.5) is 0 Å². The second-order valence-corrected chi connectivity index (χ2v) is 7.55. The predicted molar refractivity (Wildman–Crippen MR) is 114 cm³/mol. The Bertz CT molecular complexity index is 1030. The number of carbonyl (C=O) groups is 1. The minimum absolute atomic E-state index is 0.0312.